The fraction of sp³-hybridized carbons (Fsp3) is 0.278. The Morgan fingerprint density at radius 3 is 2.80 bits per heavy atom. The van der Waals surface area contributed by atoms with Gasteiger partial charge in [0.1, 0.15) is 0 Å². The minimum Gasteiger partial charge on any atom is -0.331 e. The highest BCUT2D eigenvalue weighted by Gasteiger charge is 2.28. The minimum atomic E-state index is -0.110. The van der Waals surface area contributed by atoms with Gasteiger partial charge in [0.05, 0.1) is 10.6 Å². The van der Waals surface area contributed by atoms with Crippen molar-refractivity contribution in [3.05, 3.63) is 53.7 Å². The largest absolute Gasteiger partial charge is 0.331 e. The van der Waals surface area contributed by atoms with Crippen molar-refractivity contribution in [1.82, 2.24) is 25.0 Å². The van der Waals surface area contributed by atoms with E-state index in [0.29, 0.717) is 12.4 Å². The minimum absolute atomic E-state index is 0.110. The summed E-state index contributed by atoms with van der Waals surface area (Å²) in [5, 5.41) is 9.84. The number of nitrogens with one attached hydrogen (secondary N) is 1. The predicted octanol–water partition coefficient (Wildman–Crippen LogP) is 2.43. The molecule has 3 aromatic rings. The summed E-state index contributed by atoms with van der Waals surface area (Å²) in [7, 11) is 0. The number of carbonyl (C=O) groups is 1. The zero-order chi connectivity index (χ0) is 17.2. The van der Waals surface area contributed by atoms with Crippen LogP contribution in [0.3, 0.4) is 0 Å². The lowest BCUT2D eigenvalue weighted by Gasteiger charge is -2.33. The number of hydrogen-bond acceptors (Lipinski definition) is 5. The highest BCUT2D eigenvalue weighted by atomic mass is 32.1. The smallest absolute Gasteiger partial charge is 0.293 e. The molecule has 3 heterocycles. The van der Waals surface area contributed by atoms with Crippen LogP contribution in [0.4, 0.5) is 0 Å². The van der Waals surface area contributed by atoms with Gasteiger partial charge in [-0.2, -0.15) is 0 Å². The number of amides is 1. The van der Waals surface area contributed by atoms with E-state index in [-0.39, 0.29) is 17.8 Å². The molecule has 1 amide bonds. The Kier molecular flexibility index (Phi) is 4.33. The topological polar surface area (TPSA) is 63.1 Å². The molecule has 0 unspecified atom stereocenters. The molecular formula is C18H19N5OS. The third-order valence-electron chi connectivity index (χ3n) is 4.30. The number of aromatic nitrogens is 3. The third kappa shape index (κ3) is 3.08. The lowest BCUT2D eigenvalue weighted by molar-refractivity contribution is 0.0643. The molecule has 1 atom stereocenters. The maximum atomic E-state index is 12.9. The van der Waals surface area contributed by atoms with E-state index in [4.69, 9.17) is 0 Å². The highest BCUT2D eigenvalue weighted by molar-refractivity contribution is 7.13. The highest BCUT2D eigenvalue weighted by Crippen LogP contribution is 2.26. The normalized spacial score (nSPS) is 17.6. The van der Waals surface area contributed by atoms with Crippen LogP contribution in [0.2, 0.25) is 0 Å². The van der Waals surface area contributed by atoms with Gasteiger partial charge in [0.25, 0.3) is 5.91 Å². The number of thiophene rings is 1. The van der Waals surface area contributed by atoms with E-state index in [1.807, 2.05) is 59.7 Å². The zero-order valence-electron chi connectivity index (χ0n) is 13.9. The van der Waals surface area contributed by atoms with Gasteiger partial charge in [0, 0.05) is 25.7 Å². The summed E-state index contributed by atoms with van der Waals surface area (Å²) < 4.78 is 1.76. The summed E-state index contributed by atoms with van der Waals surface area (Å²) in [5.41, 5.74) is 0.894. The van der Waals surface area contributed by atoms with Gasteiger partial charge in [-0.1, -0.05) is 24.3 Å². The molecular weight excluding hydrogens is 334 g/mol. The molecule has 0 spiro atoms. The second kappa shape index (κ2) is 6.78. The van der Waals surface area contributed by atoms with E-state index in [0.717, 1.165) is 23.7 Å². The Labute approximate surface area is 150 Å². The van der Waals surface area contributed by atoms with Crippen LogP contribution in [-0.4, -0.2) is 51.2 Å². The first-order valence-corrected chi connectivity index (χ1v) is 9.20. The average Bonchev–Trinajstić information content (AvgIpc) is 3.32. The van der Waals surface area contributed by atoms with E-state index >= 15 is 0 Å². The fourth-order valence-corrected chi connectivity index (χ4v) is 3.69. The van der Waals surface area contributed by atoms with Crippen molar-refractivity contribution < 1.29 is 4.79 Å². The van der Waals surface area contributed by atoms with E-state index < -0.39 is 0 Å². The Morgan fingerprint density at radius 1 is 1.24 bits per heavy atom. The van der Waals surface area contributed by atoms with Crippen molar-refractivity contribution in [2.24, 2.45) is 0 Å². The maximum Gasteiger partial charge on any atom is 0.293 e. The standard InChI is InChI=1S/C18H19N5OS/c1-13-12-19-9-10-22(13)18(24)16-20-17(15-8-5-11-25-15)23(21-16)14-6-3-2-4-7-14/h2-8,11,13,19H,9-10,12H2,1H3/t13-/m1/s1. The lowest BCUT2D eigenvalue weighted by atomic mass is 10.2. The number of carbonyl (C=O) groups excluding carboxylic acids is 1. The first kappa shape index (κ1) is 16.0. The molecule has 1 fully saturated rings. The summed E-state index contributed by atoms with van der Waals surface area (Å²) in [6, 6.07) is 13.9. The van der Waals surface area contributed by atoms with Gasteiger partial charge in [0.2, 0.25) is 5.82 Å². The van der Waals surface area contributed by atoms with Crippen LogP contribution in [-0.2, 0) is 0 Å². The van der Waals surface area contributed by atoms with Gasteiger partial charge < -0.3 is 10.2 Å². The third-order valence-corrected chi connectivity index (χ3v) is 5.17. The van der Waals surface area contributed by atoms with Crippen molar-refractivity contribution in [3.63, 3.8) is 0 Å². The molecule has 1 aromatic carbocycles. The maximum absolute atomic E-state index is 12.9. The van der Waals surface area contributed by atoms with Crippen LogP contribution < -0.4 is 5.32 Å². The second-order valence-electron chi connectivity index (χ2n) is 6.04. The van der Waals surface area contributed by atoms with E-state index in [1.165, 1.54) is 0 Å². The van der Waals surface area contributed by atoms with Crippen LogP contribution in [0.25, 0.3) is 16.4 Å². The molecule has 6 nitrogen and oxygen atoms in total. The number of piperazine rings is 1. The van der Waals surface area contributed by atoms with Crippen molar-refractivity contribution >= 4 is 17.2 Å². The summed E-state index contributed by atoms with van der Waals surface area (Å²) in [5.74, 6) is 0.842. The predicted molar refractivity (Wildman–Crippen MR) is 98.0 cm³/mol. The molecule has 0 aliphatic carbocycles. The molecule has 0 radical (unpaired) electrons. The van der Waals surface area contributed by atoms with E-state index in [9.17, 15) is 4.79 Å². The van der Waals surface area contributed by atoms with E-state index in [2.05, 4.69) is 15.4 Å². The number of rotatable bonds is 3. The van der Waals surface area contributed by atoms with Gasteiger partial charge in [-0.15, -0.1) is 16.4 Å². The Balaban J connectivity index is 1.76. The molecule has 1 aliphatic rings. The van der Waals surface area contributed by atoms with Crippen LogP contribution in [0.15, 0.2) is 47.8 Å². The van der Waals surface area contributed by atoms with Crippen LogP contribution in [0.1, 0.15) is 17.5 Å². The number of hydrogen-bond donors (Lipinski definition) is 1. The summed E-state index contributed by atoms with van der Waals surface area (Å²) in [4.78, 5) is 20.4. The molecule has 2 aromatic heterocycles. The molecule has 1 N–H and O–H groups in total. The van der Waals surface area contributed by atoms with E-state index in [1.54, 1.807) is 16.0 Å². The van der Waals surface area contributed by atoms with Crippen molar-refractivity contribution in [1.29, 1.82) is 0 Å². The molecule has 128 valence electrons. The zero-order valence-corrected chi connectivity index (χ0v) is 14.7. The molecule has 0 bridgehead atoms. The van der Waals surface area contributed by atoms with Gasteiger partial charge in [0.15, 0.2) is 5.82 Å². The SMILES string of the molecule is C[C@@H]1CNCCN1C(=O)c1nc(-c2cccs2)n(-c2ccccc2)n1. The van der Waals surface area contributed by atoms with Crippen LogP contribution in [0.5, 0.6) is 0 Å². The first-order valence-electron chi connectivity index (χ1n) is 8.32. The van der Waals surface area contributed by atoms with Gasteiger partial charge >= 0.3 is 0 Å². The molecule has 25 heavy (non-hydrogen) atoms. The van der Waals surface area contributed by atoms with Gasteiger partial charge in [-0.3, -0.25) is 4.79 Å². The van der Waals surface area contributed by atoms with Crippen molar-refractivity contribution in [3.8, 4) is 16.4 Å². The summed E-state index contributed by atoms with van der Waals surface area (Å²) in [6.45, 7) is 4.31. The number of benzene rings is 1. The Morgan fingerprint density at radius 2 is 2.08 bits per heavy atom. The van der Waals surface area contributed by atoms with Crippen LogP contribution in [0, 0.1) is 0 Å². The van der Waals surface area contributed by atoms with Gasteiger partial charge in [-0.05, 0) is 30.5 Å². The molecule has 0 saturated carbocycles. The van der Waals surface area contributed by atoms with Crippen molar-refractivity contribution in [2.45, 2.75) is 13.0 Å². The second-order valence-corrected chi connectivity index (χ2v) is 6.98. The summed E-state index contributed by atoms with van der Waals surface area (Å²) in [6.07, 6.45) is 0. The molecule has 1 aliphatic heterocycles. The lowest BCUT2D eigenvalue weighted by Crippen LogP contribution is -2.52. The Bertz CT molecular complexity index is 859. The van der Waals surface area contributed by atoms with Crippen LogP contribution >= 0.6 is 11.3 Å². The van der Waals surface area contributed by atoms with Gasteiger partial charge in [-0.25, -0.2) is 9.67 Å². The number of para-hydroxylation sites is 1. The monoisotopic (exact) mass is 353 g/mol. The first-order chi connectivity index (χ1) is 12.2. The molecule has 7 heteroatoms. The average molecular weight is 353 g/mol. The fourth-order valence-electron chi connectivity index (χ4n) is 2.99. The number of nitrogens with zero attached hydrogens (tertiary/aromatic N) is 4. The quantitative estimate of drug-likeness (QED) is 0.785. The molecule has 1 saturated heterocycles. The summed E-state index contributed by atoms with van der Waals surface area (Å²) >= 11 is 1.59. The molecule has 4 rings (SSSR count). The Hall–Kier alpha value is -2.51. The van der Waals surface area contributed by atoms with Crippen molar-refractivity contribution in [2.75, 3.05) is 19.6 Å².